The molecule has 174 valence electrons. The minimum absolute atomic E-state index is 0.0203. The lowest BCUT2D eigenvalue weighted by Crippen LogP contribution is -2.08. The molecule has 0 bridgehead atoms. The van der Waals surface area contributed by atoms with E-state index in [1.54, 1.807) is 12.1 Å². The Morgan fingerprint density at radius 2 is 1.55 bits per heavy atom. The van der Waals surface area contributed by atoms with E-state index in [9.17, 15) is 8.42 Å². The fraction of sp³-hybridized carbons (Fsp3) is 0.360. The predicted octanol–water partition coefficient (Wildman–Crippen LogP) is 5.37. The van der Waals surface area contributed by atoms with E-state index in [1.165, 1.54) is 38.5 Å². The van der Waals surface area contributed by atoms with Gasteiger partial charge in [0.1, 0.15) is 22.0 Å². The summed E-state index contributed by atoms with van der Waals surface area (Å²) in [6.45, 7) is 2.79. The van der Waals surface area contributed by atoms with Crippen molar-refractivity contribution in [2.45, 2.75) is 61.8 Å². The molecule has 2 N–H and O–H groups in total. The van der Waals surface area contributed by atoms with Gasteiger partial charge < -0.3 is 15.0 Å². The number of benzene rings is 2. The molecule has 33 heavy (non-hydrogen) atoms. The molecule has 2 aromatic carbocycles. The topological polar surface area (TPSA) is 100 Å². The van der Waals surface area contributed by atoms with Crippen LogP contribution in [0.2, 0.25) is 0 Å². The first kappa shape index (κ1) is 23.0. The average Bonchev–Trinajstić information content (AvgIpc) is 3.10. The van der Waals surface area contributed by atoms with Crippen LogP contribution >= 0.6 is 0 Å². The lowest BCUT2D eigenvalue weighted by Gasteiger charge is -2.09. The van der Waals surface area contributed by atoms with Gasteiger partial charge in [-0.15, -0.1) is 0 Å². The maximum atomic E-state index is 13.7. The van der Waals surface area contributed by atoms with Crippen molar-refractivity contribution in [1.82, 2.24) is 14.5 Å². The Labute approximate surface area is 194 Å². The van der Waals surface area contributed by atoms with Gasteiger partial charge in [0.2, 0.25) is 9.84 Å². The van der Waals surface area contributed by atoms with Gasteiger partial charge in [-0.05, 0) is 42.8 Å². The number of hydrogen-bond donors (Lipinski definition) is 1. The molecular weight excluding hydrogens is 436 g/mol. The SMILES string of the molecule is CCCCCCCCn1c(N)c(S(=O)(=O)c2ccc(OC)cc2)c2nc3ccccc3nc21. The largest absolute Gasteiger partial charge is 0.497 e. The standard InChI is InChI=1S/C25H30N4O3S/c1-3-4-5-6-7-10-17-29-24(26)23(33(30,31)19-15-13-18(32-2)14-16-19)22-25(29)28-21-12-9-8-11-20(21)27-22/h8-9,11-16H,3-7,10,17,26H2,1-2H3. The Balaban J connectivity index is 1.81. The van der Waals surface area contributed by atoms with Gasteiger partial charge in [-0.2, -0.15) is 0 Å². The normalized spacial score (nSPS) is 11.9. The van der Waals surface area contributed by atoms with Crippen LogP contribution in [0, 0.1) is 0 Å². The summed E-state index contributed by atoms with van der Waals surface area (Å²) in [5.74, 6) is 0.767. The van der Waals surface area contributed by atoms with E-state index in [0.717, 1.165) is 19.3 Å². The molecule has 2 heterocycles. The number of nitrogens with two attached hydrogens (primary N) is 1. The number of ether oxygens (including phenoxy) is 1. The van der Waals surface area contributed by atoms with Crippen LogP contribution in [-0.2, 0) is 16.4 Å². The summed E-state index contributed by atoms with van der Waals surface area (Å²) in [5, 5.41) is 0. The van der Waals surface area contributed by atoms with Gasteiger partial charge in [-0.25, -0.2) is 18.4 Å². The van der Waals surface area contributed by atoms with E-state index in [2.05, 4.69) is 11.9 Å². The fourth-order valence-corrected chi connectivity index (χ4v) is 5.61. The second-order valence-corrected chi connectivity index (χ2v) is 10.1. The second kappa shape index (κ2) is 9.79. The van der Waals surface area contributed by atoms with Gasteiger partial charge in [0.05, 0.1) is 23.0 Å². The molecule has 7 nitrogen and oxygen atoms in total. The number of hydrogen-bond acceptors (Lipinski definition) is 6. The number of rotatable bonds is 10. The second-order valence-electron chi connectivity index (χ2n) is 8.20. The molecule has 0 amide bonds. The van der Waals surface area contributed by atoms with E-state index in [1.807, 2.05) is 28.8 Å². The summed E-state index contributed by atoms with van der Waals surface area (Å²) in [7, 11) is -2.38. The lowest BCUT2D eigenvalue weighted by molar-refractivity contribution is 0.414. The lowest BCUT2D eigenvalue weighted by atomic mass is 10.1. The van der Waals surface area contributed by atoms with Crippen LogP contribution < -0.4 is 10.5 Å². The highest BCUT2D eigenvalue weighted by Gasteiger charge is 2.30. The maximum absolute atomic E-state index is 13.7. The molecule has 0 atom stereocenters. The van der Waals surface area contributed by atoms with Gasteiger partial charge >= 0.3 is 0 Å². The zero-order valence-corrected chi connectivity index (χ0v) is 19.9. The molecule has 8 heteroatoms. The zero-order chi connectivity index (χ0) is 23.4. The molecule has 4 aromatic rings. The smallest absolute Gasteiger partial charge is 0.212 e. The molecular formula is C25H30N4O3S. The third kappa shape index (κ3) is 4.53. The molecule has 0 unspecified atom stereocenters. The zero-order valence-electron chi connectivity index (χ0n) is 19.1. The van der Waals surface area contributed by atoms with Crippen molar-refractivity contribution >= 4 is 37.9 Å². The number of aryl methyl sites for hydroxylation is 1. The summed E-state index contributed by atoms with van der Waals surface area (Å²) < 4.78 is 34.3. The van der Waals surface area contributed by atoms with Gasteiger partial charge in [0.25, 0.3) is 0 Å². The number of nitrogens with zero attached hydrogens (tertiary/aromatic N) is 3. The third-order valence-corrected chi connectivity index (χ3v) is 7.75. The van der Waals surface area contributed by atoms with Crippen LogP contribution in [0.4, 0.5) is 5.82 Å². The molecule has 0 aliphatic carbocycles. The molecule has 0 aliphatic heterocycles. The first-order valence-corrected chi connectivity index (χ1v) is 12.9. The average molecular weight is 467 g/mol. The molecule has 0 radical (unpaired) electrons. The van der Waals surface area contributed by atoms with Crippen LogP contribution in [0.1, 0.15) is 45.4 Å². The Morgan fingerprint density at radius 1 is 0.909 bits per heavy atom. The van der Waals surface area contributed by atoms with Gasteiger partial charge in [-0.1, -0.05) is 51.2 Å². The van der Waals surface area contributed by atoms with Gasteiger partial charge in [0, 0.05) is 6.54 Å². The fourth-order valence-electron chi connectivity index (χ4n) is 4.10. The van der Waals surface area contributed by atoms with E-state index >= 15 is 0 Å². The van der Waals surface area contributed by atoms with Crippen molar-refractivity contribution in [3.05, 3.63) is 48.5 Å². The number of anilines is 1. The maximum Gasteiger partial charge on any atom is 0.212 e. The summed E-state index contributed by atoms with van der Waals surface area (Å²) in [4.78, 5) is 9.61. The molecule has 0 aliphatic rings. The summed E-state index contributed by atoms with van der Waals surface area (Å²) >= 11 is 0. The van der Waals surface area contributed by atoms with Crippen LogP contribution in [0.3, 0.4) is 0 Å². The van der Waals surface area contributed by atoms with E-state index in [0.29, 0.717) is 34.5 Å². The molecule has 0 saturated heterocycles. The van der Waals surface area contributed by atoms with Crippen LogP contribution in [0.15, 0.2) is 58.3 Å². The van der Waals surface area contributed by atoms with Crippen molar-refractivity contribution in [2.24, 2.45) is 0 Å². The Kier molecular flexibility index (Phi) is 6.83. The molecule has 4 rings (SSSR count). The van der Waals surface area contributed by atoms with Crippen LogP contribution in [-0.4, -0.2) is 30.1 Å². The first-order valence-electron chi connectivity index (χ1n) is 11.4. The molecule has 0 saturated carbocycles. The monoisotopic (exact) mass is 466 g/mol. The summed E-state index contributed by atoms with van der Waals surface area (Å²) in [6, 6.07) is 13.8. The Bertz CT molecular complexity index is 1360. The summed E-state index contributed by atoms with van der Waals surface area (Å²) in [5.41, 5.74) is 8.66. The quantitative estimate of drug-likeness (QED) is 0.315. The minimum atomic E-state index is -3.92. The van der Waals surface area contributed by atoms with Crippen LogP contribution in [0.5, 0.6) is 5.75 Å². The Morgan fingerprint density at radius 3 is 2.21 bits per heavy atom. The highest BCUT2D eigenvalue weighted by atomic mass is 32.2. The third-order valence-electron chi connectivity index (χ3n) is 5.92. The van der Waals surface area contributed by atoms with Crippen molar-refractivity contribution in [1.29, 1.82) is 0 Å². The van der Waals surface area contributed by atoms with Crippen molar-refractivity contribution in [3.8, 4) is 5.75 Å². The Hall–Kier alpha value is -3.13. The highest BCUT2D eigenvalue weighted by molar-refractivity contribution is 7.92. The van der Waals surface area contributed by atoms with Crippen molar-refractivity contribution in [2.75, 3.05) is 12.8 Å². The number of methoxy groups -OCH3 is 1. The number of para-hydroxylation sites is 2. The van der Waals surface area contributed by atoms with Crippen molar-refractivity contribution < 1.29 is 13.2 Å². The van der Waals surface area contributed by atoms with Crippen molar-refractivity contribution in [3.63, 3.8) is 0 Å². The molecule has 0 fully saturated rings. The van der Waals surface area contributed by atoms with E-state index in [4.69, 9.17) is 15.5 Å². The number of aromatic nitrogens is 3. The number of unbranched alkanes of at least 4 members (excludes halogenated alkanes) is 5. The predicted molar refractivity (Wildman–Crippen MR) is 131 cm³/mol. The van der Waals surface area contributed by atoms with Crippen LogP contribution in [0.25, 0.3) is 22.2 Å². The summed E-state index contributed by atoms with van der Waals surface area (Å²) in [6.07, 6.45) is 6.74. The van der Waals surface area contributed by atoms with E-state index < -0.39 is 9.84 Å². The van der Waals surface area contributed by atoms with Gasteiger partial charge in [0.15, 0.2) is 5.65 Å². The number of nitrogen functional groups attached to an aromatic ring is 1. The molecule has 0 spiro atoms. The molecule has 2 aromatic heterocycles. The minimum Gasteiger partial charge on any atom is -0.497 e. The highest BCUT2D eigenvalue weighted by Crippen LogP contribution is 2.36. The number of sulfone groups is 1. The first-order chi connectivity index (χ1) is 16.0. The van der Waals surface area contributed by atoms with E-state index in [-0.39, 0.29) is 15.6 Å². The van der Waals surface area contributed by atoms with Gasteiger partial charge in [-0.3, -0.25) is 0 Å². The number of fused-ring (bicyclic) bond motifs is 2.